The lowest BCUT2D eigenvalue weighted by Gasteiger charge is -2.20. The van der Waals surface area contributed by atoms with Crippen molar-refractivity contribution in [2.45, 2.75) is 33.6 Å². The molecule has 0 amide bonds. The van der Waals surface area contributed by atoms with Crippen LogP contribution in [0.1, 0.15) is 39.2 Å². The fourth-order valence-corrected chi connectivity index (χ4v) is 7.50. The van der Waals surface area contributed by atoms with Crippen LogP contribution in [0, 0.1) is 0 Å². The predicted molar refractivity (Wildman–Crippen MR) is 224 cm³/mol. The van der Waals surface area contributed by atoms with Crippen molar-refractivity contribution in [3.8, 4) is 0 Å². The molecule has 7 rings (SSSR count). The van der Waals surface area contributed by atoms with Gasteiger partial charge in [0.2, 0.25) is 0 Å². The van der Waals surface area contributed by atoms with Crippen molar-refractivity contribution in [1.82, 2.24) is 4.40 Å². The zero-order chi connectivity index (χ0) is 35.5. The van der Waals surface area contributed by atoms with Gasteiger partial charge >= 0.3 is 0 Å². The number of rotatable bonds is 11. The Morgan fingerprint density at radius 2 is 1.55 bits per heavy atom. The highest BCUT2D eigenvalue weighted by molar-refractivity contribution is 6.28. The molecule has 4 nitrogen and oxygen atoms in total. The Labute approximate surface area is 300 Å². The fourth-order valence-electron chi connectivity index (χ4n) is 7.50. The summed E-state index contributed by atoms with van der Waals surface area (Å²) in [6.45, 7) is 14.5. The second-order valence-electron chi connectivity index (χ2n) is 12.9. The lowest BCUT2D eigenvalue weighted by atomic mass is 9.90. The number of hydrogen-bond donors (Lipinski definition) is 2. The smallest absolute Gasteiger partial charge is 0.108 e. The molecule has 1 aliphatic rings. The van der Waals surface area contributed by atoms with E-state index in [1.54, 1.807) is 12.2 Å². The fraction of sp³-hybridized carbons (Fsp3) is 0.128. The Balaban J connectivity index is 1.44. The van der Waals surface area contributed by atoms with Crippen molar-refractivity contribution >= 4 is 65.8 Å². The lowest BCUT2D eigenvalue weighted by Crippen LogP contribution is -2.10. The van der Waals surface area contributed by atoms with Gasteiger partial charge in [-0.2, -0.15) is 0 Å². The highest BCUT2D eigenvalue weighted by atomic mass is 15.0. The van der Waals surface area contributed by atoms with Gasteiger partial charge in [0.15, 0.2) is 0 Å². The number of aliphatic imine (C=N–C) groups is 1. The molecule has 1 aliphatic carbocycles. The first-order valence-electron chi connectivity index (χ1n) is 17.7. The number of nitrogens with two attached hydrogens (primary N) is 1. The van der Waals surface area contributed by atoms with Crippen LogP contribution in [0.25, 0.3) is 54.4 Å². The van der Waals surface area contributed by atoms with Crippen LogP contribution in [0.3, 0.4) is 0 Å². The van der Waals surface area contributed by atoms with Crippen LogP contribution >= 0.6 is 0 Å². The Bertz CT molecular complexity index is 2590. The number of allylic oxidation sites excluding steroid dienone is 14. The average molecular weight is 665 g/mol. The van der Waals surface area contributed by atoms with Gasteiger partial charge in [0.1, 0.15) is 6.67 Å². The van der Waals surface area contributed by atoms with Crippen LogP contribution in [0.4, 0.5) is 5.69 Å². The van der Waals surface area contributed by atoms with Crippen molar-refractivity contribution in [2.24, 2.45) is 10.7 Å². The van der Waals surface area contributed by atoms with E-state index in [1.165, 1.54) is 60.2 Å². The second-order valence-corrected chi connectivity index (χ2v) is 12.9. The highest BCUT2D eigenvalue weighted by Crippen LogP contribution is 2.44. The molecule has 4 aromatic carbocycles. The molecule has 0 saturated carbocycles. The molecule has 252 valence electrons. The third kappa shape index (κ3) is 5.93. The van der Waals surface area contributed by atoms with Gasteiger partial charge in [0.25, 0.3) is 0 Å². The Hall–Kier alpha value is -6.13. The quantitative estimate of drug-likeness (QED) is 0.107. The molecule has 2 aromatic heterocycles. The van der Waals surface area contributed by atoms with Gasteiger partial charge in [0.05, 0.1) is 27.9 Å². The predicted octanol–water partition coefficient (Wildman–Crippen LogP) is 12.1. The van der Waals surface area contributed by atoms with Crippen LogP contribution < -0.4 is 11.1 Å². The number of aromatic nitrogens is 1. The summed E-state index contributed by atoms with van der Waals surface area (Å²) >= 11 is 0. The molecule has 0 aliphatic heterocycles. The molecule has 51 heavy (non-hydrogen) atoms. The molecule has 6 aromatic rings. The molecule has 0 saturated heterocycles. The minimum absolute atomic E-state index is 0.337. The molecular formula is C47H44N4. The maximum Gasteiger partial charge on any atom is 0.108 e. The van der Waals surface area contributed by atoms with E-state index in [2.05, 4.69) is 109 Å². The van der Waals surface area contributed by atoms with Crippen LogP contribution in [-0.4, -0.2) is 16.8 Å². The topological polar surface area (TPSA) is 54.8 Å². The lowest BCUT2D eigenvalue weighted by molar-refractivity contribution is 0.967. The zero-order valence-electron chi connectivity index (χ0n) is 29.7. The molecule has 0 radical (unpaired) electrons. The molecule has 3 N–H and O–H groups in total. The van der Waals surface area contributed by atoms with E-state index in [9.17, 15) is 0 Å². The molecule has 0 atom stereocenters. The maximum absolute atomic E-state index is 6.64. The Kier molecular flexibility index (Phi) is 9.41. The number of hydrogen-bond acceptors (Lipinski definition) is 3. The first-order chi connectivity index (χ1) is 25.0. The summed E-state index contributed by atoms with van der Waals surface area (Å²) in [5.74, 6) is 0. The summed E-state index contributed by atoms with van der Waals surface area (Å²) in [5.41, 5.74) is 18.4. The van der Waals surface area contributed by atoms with Crippen molar-refractivity contribution in [3.63, 3.8) is 0 Å². The van der Waals surface area contributed by atoms with E-state index in [1.807, 2.05) is 56.4 Å². The molecular weight excluding hydrogens is 621 g/mol. The van der Waals surface area contributed by atoms with Gasteiger partial charge in [-0.15, -0.1) is 0 Å². The van der Waals surface area contributed by atoms with E-state index in [4.69, 9.17) is 10.7 Å². The molecule has 2 heterocycles. The summed E-state index contributed by atoms with van der Waals surface area (Å²) in [4.78, 5) is 5.14. The largest absolute Gasteiger partial charge is 0.398 e. The number of anilines is 1. The minimum atomic E-state index is 0.337. The van der Waals surface area contributed by atoms with Crippen molar-refractivity contribution < 1.29 is 0 Å². The van der Waals surface area contributed by atoms with Crippen molar-refractivity contribution in [3.05, 3.63) is 175 Å². The van der Waals surface area contributed by atoms with Gasteiger partial charge in [-0.25, -0.2) is 0 Å². The molecule has 0 bridgehead atoms. The maximum atomic E-state index is 6.64. The molecule has 0 spiro atoms. The summed E-state index contributed by atoms with van der Waals surface area (Å²) in [5, 5.41) is 11.3. The summed E-state index contributed by atoms with van der Waals surface area (Å²) in [7, 11) is 0. The standard InChI is InChI=1S/C47H44N4/c1-6-10-19-32(9-4)42(48)29-43(33(16-7-2)17-8-3)49-30-50-45-36(34-20-12-11-18-31(34)5)25-27-40-37(45)26-28-41-39-23-15-22-38-35-21-13-14-24-44(35)51(46(38)39)47(40)41/h6-10,12-17,19-29,50H,2,4,11,18,30,48H2,1,3,5H3/b10-6-,17-8-,32-19+,33-16+,42-29-,49-43+. The van der Waals surface area contributed by atoms with Crippen LogP contribution in [-0.2, 0) is 0 Å². The van der Waals surface area contributed by atoms with Crippen molar-refractivity contribution in [2.75, 3.05) is 12.0 Å². The van der Waals surface area contributed by atoms with Crippen LogP contribution in [0.2, 0.25) is 0 Å². The van der Waals surface area contributed by atoms with E-state index in [0.29, 0.717) is 12.4 Å². The number of para-hydroxylation sites is 2. The molecule has 4 heteroatoms. The number of benzene rings is 4. The SMILES string of the molecule is C=C/C=C(\C=C/C)C(/C=C(N)/C(C=C)=C/C=C\C)=N/CNc1c(C2=C(C)CCC=C2)ccc2c1ccc1c3cccc4c5ccccc5n(c21)c43. The molecule has 0 fully saturated rings. The van der Waals surface area contributed by atoms with Crippen LogP contribution in [0.5, 0.6) is 0 Å². The second kappa shape index (κ2) is 14.4. The highest BCUT2D eigenvalue weighted by Gasteiger charge is 2.21. The van der Waals surface area contributed by atoms with Gasteiger partial charge in [0, 0.05) is 43.6 Å². The van der Waals surface area contributed by atoms with E-state index >= 15 is 0 Å². The first kappa shape index (κ1) is 33.4. The van der Waals surface area contributed by atoms with Crippen LogP contribution in [0.15, 0.2) is 174 Å². The number of nitrogens with one attached hydrogen (secondary N) is 1. The Morgan fingerprint density at radius 3 is 2.29 bits per heavy atom. The summed E-state index contributed by atoms with van der Waals surface area (Å²) < 4.78 is 2.47. The van der Waals surface area contributed by atoms with Crippen molar-refractivity contribution in [1.29, 1.82) is 0 Å². The average Bonchev–Trinajstić information content (AvgIpc) is 3.67. The van der Waals surface area contributed by atoms with E-state index in [-0.39, 0.29) is 0 Å². The third-order valence-electron chi connectivity index (χ3n) is 9.86. The first-order valence-corrected chi connectivity index (χ1v) is 17.7. The minimum Gasteiger partial charge on any atom is -0.398 e. The normalized spacial score (nSPS) is 15.3. The number of nitrogens with zero attached hydrogens (tertiary/aromatic N) is 2. The van der Waals surface area contributed by atoms with Gasteiger partial charge in [-0.1, -0.05) is 140 Å². The van der Waals surface area contributed by atoms with Gasteiger partial charge in [-0.3, -0.25) is 4.99 Å². The van der Waals surface area contributed by atoms with E-state index < -0.39 is 0 Å². The van der Waals surface area contributed by atoms with E-state index in [0.717, 1.165) is 40.8 Å². The third-order valence-corrected chi connectivity index (χ3v) is 9.86. The summed E-state index contributed by atoms with van der Waals surface area (Å²) in [6, 6.07) is 24.6. The summed E-state index contributed by atoms with van der Waals surface area (Å²) in [6.07, 6.45) is 24.0. The zero-order valence-corrected chi connectivity index (χ0v) is 29.7. The monoisotopic (exact) mass is 664 g/mol. The van der Waals surface area contributed by atoms with Gasteiger partial charge in [-0.05, 0) is 62.5 Å². The Morgan fingerprint density at radius 1 is 0.843 bits per heavy atom. The number of fused-ring (bicyclic) bond motifs is 8. The van der Waals surface area contributed by atoms with Gasteiger partial charge < -0.3 is 15.5 Å². The molecule has 0 unspecified atom stereocenters.